The molecule has 4 aromatic rings. The predicted molar refractivity (Wildman–Crippen MR) is 141 cm³/mol. The monoisotopic (exact) mass is 552 g/mol. The van der Waals surface area contributed by atoms with Gasteiger partial charge in [-0.15, -0.1) is 23.4 Å². The number of benzene rings is 2. The summed E-state index contributed by atoms with van der Waals surface area (Å²) in [7, 11) is 0. The second-order valence-electron chi connectivity index (χ2n) is 9.51. The third-order valence-corrected chi connectivity index (χ3v) is 6.22. The van der Waals surface area contributed by atoms with Crippen LogP contribution in [0.4, 0.5) is 24.8 Å². The maximum Gasteiger partial charge on any atom is 0.573 e. The van der Waals surface area contributed by atoms with E-state index in [1.165, 1.54) is 25.0 Å². The fourth-order valence-corrected chi connectivity index (χ4v) is 4.30. The van der Waals surface area contributed by atoms with Gasteiger partial charge in [-0.1, -0.05) is 31.2 Å². The van der Waals surface area contributed by atoms with E-state index in [1.807, 2.05) is 24.3 Å². The summed E-state index contributed by atoms with van der Waals surface area (Å²) in [5, 5.41) is 17.1. The molecule has 1 saturated carbocycles. The molecule has 40 heavy (non-hydrogen) atoms. The summed E-state index contributed by atoms with van der Waals surface area (Å²) < 4.78 is 41.2. The van der Waals surface area contributed by atoms with Gasteiger partial charge in [0, 0.05) is 29.9 Å². The fraction of sp³-hybridized carbons (Fsp3) is 0.333. The van der Waals surface area contributed by atoms with Gasteiger partial charge < -0.3 is 15.0 Å². The highest BCUT2D eigenvalue weighted by atomic mass is 19.4. The Hall–Kier alpha value is -4.55. The number of hydrogen-bond acceptors (Lipinski definition) is 8. The maximum absolute atomic E-state index is 13.0. The number of carbonyl (C=O) groups is 1. The minimum absolute atomic E-state index is 0.0723. The van der Waals surface area contributed by atoms with E-state index in [4.69, 9.17) is 9.97 Å². The number of anilines is 2. The normalized spacial score (nSPS) is 13.2. The number of tetrazole rings is 1. The van der Waals surface area contributed by atoms with Crippen LogP contribution in [0.15, 0.2) is 54.6 Å². The SMILES string of the molecule is CCCN(CC1CC1)c1nc(CC(=O)Nc2ccc(OC(F)(F)F)cc2)cc(-c2ccccc2-c2nn[nH]n2)n1. The van der Waals surface area contributed by atoms with Crippen LogP contribution < -0.4 is 15.0 Å². The Balaban J connectivity index is 1.43. The molecule has 1 aliphatic rings. The number of rotatable bonds is 11. The minimum atomic E-state index is -4.79. The zero-order chi connectivity index (χ0) is 28.1. The fourth-order valence-electron chi connectivity index (χ4n) is 4.30. The van der Waals surface area contributed by atoms with Crippen molar-refractivity contribution in [1.82, 2.24) is 30.6 Å². The van der Waals surface area contributed by atoms with Crippen LogP contribution in [0.5, 0.6) is 5.75 Å². The molecule has 13 heteroatoms. The summed E-state index contributed by atoms with van der Waals surface area (Å²) in [4.78, 5) is 24.8. The quantitative estimate of drug-likeness (QED) is 0.266. The van der Waals surface area contributed by atoms with Crippen LogP contribution in [0.1, 0.15) is 31.9 Å². The van der Waals surface area contributed by atoms with E-state index in [0.29, 0.717) is 34.8 Å². The third-order valence-electron chi connectivity index (χ3n) is 6.22. The molecule has 2 N–H and O–H groups in total. The largest absolute Gasteiger partial charge is 0.573 e. The van der Waals surface area contributed by atoms with Gasteiger partial charge in [0.25, 0.3) is 0 Å². The second kappa shape index (κ2) is 11.7. The van der Waals surface area contributed by atoms with Crippen molar-refractivity contribution >= 4 is 17.5 Å². The number of alkyl halides is 3. The first-order chi connectivity index (χ1) is 19.3. The summed E-state index contributed by atoms with van der Waals surface area (Å²) in [6, 6.07) is 14.2. The number of H-pyrrole nitrogens is 1. The lowest BCUT2D eigenvalue weighted by atomic mass is 10.0. The van der Waals surface area contributed by atoms with E-state index < -0.39 is 6.36 Å². The highest BCUT2D eigenvalue weighted by Crippen LogP contribution is 2.33. The predicted octanol–water partition coefficient (Wildman–Crippen LogP) is 5.03. The Morgan fingerprint density at radius 1 is 1.10 bits per heavy atom. The summed E-state index contributed by atoms with van der Waals surface area (Å²) >= 11 is 0. The van der Waals surface area contributed by atoms with Gasteiger partial charge in [0.2, 0.25) is 17.7 Å². The molecule has 5 rings (SSSR count). The number of carbonyl (C=O) groups excluding carboxylic acids is 1. The van der Waals surface area contributed by atoms with Crippen LogP contribution in [0.25, 0.3) is 22.6 Å². The first kappa shape index (κ1) is 27.0. The van der Waals surface area contributed by atoms with Crippen LogP contribution in [0.3, 0.4) is 0 Å². The Morgan fingerprint density at radius 2 is 1.85 bits per heavy atom. The molecule has 208 valence electrons. The molecule has 2 heterocycles. The van der Waals surface area contributed by atoms with Gasteiger partial charge >= 0.3 is 6.36 Å². The number of ether oxygens (including phenoxy) is 1. The molecule has 0 atom stereocenters. The van der Waals surface area contributed by atoms with Crippen molar-refractivity contribution in [2.45, 2.75) is 39.0 Å². The minimum Gasteiger partial charge on any atom is -0.406 e. The topological polar surface area (TPSA) is 122 Å². The molecule has 10 nitrogen and oxygen atoms in total. The standard InChI is InChI=1S/C27H27F3N8O2/c1-2-13-38(16-17-7-8-17)26-32-19(15-24(39)31-18-9-11-20(12-10-18)40-27(28,29)30)14-23(33-26)21-5-3-4-6-22(21)25-34-36-37-35-25/h3-6,9-12,14,17H,2,7-8,13,15-16H2,1H3,(H,31,39)(H,34,35,36,37). The number of amides is 1. The van der Waals surface area contributed by atoms with Crippen LogP contribution in [0.2, 0.25) is 0 Å². The lowest BCUT2D eigenvalue weighted by molar-refractivity contribution is -0.274. The Bertz CT molecular complexity index is 1440. The molecule has 0 saturated heterocycles. The van der Waals surface area contributed by atoms with Gasteiger partial charge in [0.05, 0.1) is 17.8 Å². The number of halogens is 3. The molecule has 1 fully saturated rings. The zero-order valence-electron chi connectivity index (χ0n) is 21.6. The molecule has 2 aromatic heterocycles. The molecule has 0 spiro atoms. The van der Waals surface area contributed by atoms with Crippen LogP contribution in [-0.2, 0) is 11.2 Å². The van der Waals surface area contributed by atoms with E-state index in [0.717, 1.165) is 42.8 Å². The number of nitrogens with one attached hydrogen (secondary N) is 2. The molecule has 0 bridgehead atoms. The van der Waals surface area contributed by atoms with E-state index >= 15 is 0 Å². The third kappa shape index (κ3) is 7.10. The molecule has 0 aliphatic heterocycles. The van der Waals surface area contributed by atoms with Crippen molar-refractivity contribution in [3.8, 4) is 28.4 Å². The molecule has 0 unspecified atom stereocenters. The summed E-state index contributed by atoms with van der Waals surface area (Å²) in [5.74, 6) is 0.793. The second-order valence-corrected chi connectivity index (χ2v) is 9.51. The highest BCUT2D eigenvalue weighted by molar-refractivity contribution is 5.92. The van der Waals surface area contributed by atoms with E-state index in [-0.39, 0.29) is 18.1 Å². The number of aromatic amines is 1. The van der Waals surface area contributed by atoms with Crippen LogP contribution in [-0.4, -0.2) is 56.0 Å². The Kier molecular flexibility index (Phi) is 7.89. The maximum atomic E-state index is 13.0. The van der Waals surface area contributed by atoms with Gasteiger partial charge in [0.1, 0.15) is 5.75 Å². The number of aromatic nitrogens is 6. The average molecular weight is 553 g/mol. The number of nitrogens with zero attached hydrogens (tertiary/aromatic N) is 6. The summed E-state index contributed by atoms with van der Waals surface area (Å²) in [6.07, 6.45) is -1.62. The van der Waals surface area contributed by atoms with E-state index in [9.17, 15) is 18.0 Å². The van der Waals surface area contributed by atoms with Crippen molar-refractivity contribution in [2.75, 3.05) is 23.3 Å². The summed E-state index contributed by atoms with van der Waals surface area (Å²) in [6.45, 7) is 3.70. The molecule has 1 aliphatic carbocycles. The van der Waals surface area contributed by atoms with E-state index in [1.54, 1.807) is 6.07 Å². The van der Waals surface area contributed by atoms with Gasteiger partial charge in [-0.05, 0) is 60.7 Å². The smallest absolute Gasteiger partial charge is 0.406 e. The first-order valence-electron chi connectivity index (χ1n) is 12.9. The van der Waals surface area contributed by atoms with Crippen molar-refractivity contribution < 1.29 is 22.7 Å². The van der Waals surface area contributed by atoms with Crippen LogP contribution >= 0.6 is 0 Å². The van der Waals surface area contributed by atoms with Crippen LogP contribution in [0, 0.1) is 5.92 Å². The van der Waals surface area contributed by atoms with Crippen molar-refractivity contribution in [3.63, 3.8) is 0 Å². The molecule has 2 aromatic carbocycles. The van der Waals surface area contributed by atoms with Gasteiger partial charge in [0.15, 0.2) is 0 Å². The molecular formula is C27H27F3N8O2. The van der Waals surface area contributed by atoms with Crippen molar-refractivity contribution in [1.29, 1.82) is 0 Å². The van der Waals surface area contributed by atoms with E-state index in [2.05, 4.69) is 42.5 Å². The van der Waals surface area contributed by atoms with Gasteiger partial charge in [-0.2, -0.15) is 5.21 Å². The molecule has 1 amide bonds. The zero-order valence-corrected chi connectivity index (χ0v) is 21.6. The Morgan fingerprint density at radius 3 is 2.50 bits per heavy atom. The average Bonchev–Trinajstić information content (AvgIpc) is 3.57. The summed E-state index contributed by atoms with van der Waals surface area (Å²) in [5.41, 5.74) is 2.92. The van der Waals surface area contributed by atoms with Crippen molar-refractivity contribution in [3.05, 3.63) is 60.3 Å². The lowest BCUT2D eigenvalue weighted by Crippen LogP contribution is -2.29. The van der Waals surface area contributed by atoms with Crippen molar-refractivity contribution in [2.24, 2.45) is 5.92 Å². The van der Waals surface area contributed by atoms with Gasteiger partial charge in [-0.25, -0.2) is 9.97 Å². The Labute approximate surface area is 228 Å². The molecular weight excluding hydrogens is 525 g/mol. The van der Waals surface area contributed by atoms with Gasteiger partial charge in [-0.3, -0.25) is 4.79 Å². The lowest BCUT2D eigenvalue weighted by Gasteiger charge is -2.23. The highest BCUT2D eigenvalue weighted by Gasteiger charge is 2.31. The molecule has 0 radical (unpaired) electrons. The first-order valence-corrected chi connectivity index (χ1v) is 12.9. The number of hydrogen-bond donors (Lipinski definition) is 2.